The molecule has 1 aliphatic rings. The zero-order valence-corrected chi connectivity index (χ0v) is 11.5. The number of aliphatic hydroxyl groups is 1. The second kappa shape index (κ2) is 6.75. The molecule has 0 amide bonds. The van der Waals surface area contributed by atoms with Crippen LogP contribution in [0.2, 0.25) is 0 Å². The van der Waals surface area contributed by atoms with Crippen LogP contribution in [0.5, 0.6) is 5.75 Å². The van der Waals surface area contributed by atoms with Crippen molar-refractivity contribution in [2.24, 2.45) is 5.73 Å². The van der Waals surface area contributed by atoms with Gasteiger partial charge in [-0.15, -0.1) is 0 Å². The van der Waals surface area contributed by atoms with E-state index in [1.165, 1.54) is 0 Å². The topological polar surface area (TPSA) is 62.0 Å². The highest BCUT2D eigenvalue weighted by Crippen LogP contribution is 2.28. The maximum absolute atomic E-state index is 9.58. The Balaban J connectivity index is 1.92. The maximum atomic E-state index is 9.58. The fourth-order valence-corrected chi connectivity index (χ4v) is 2.43. The van der Waals surface area contributed by atoms with Crippen LogP contribution in [0.25, 0.3) is 0 Å². The summed E-state index contributed by atoms with van der Waals surface area (Å²) in [4.78, 5) is 4.58. The molecule has 0 radical (unpaired) electrons. The van der Waals surface area contributed by atoms with Gasteiger partial charge in [0.05, 0.1) is 18.9 Å². The first-order valence-electron chi connectivity index (χ1n) is 6.73. The van der Waals surface area contributed by atoms with Crippen LogP contribution in [0, 0.1) is 0 Å². The molecule has 1 atom stereocenters. The minimum absolute atomic E-state index is 0.326. The number of aliphatic hydroxyl groups excluding tert-OH is 1. The van der Waals surface area contributed by atoms with Crippen molar-refractivity contribution in [3.63, 3.8) is 0 Å². The monoisotopic (exact) mass is 265 g/mol. The van der Waals surface area contributed by atoms with Crippen LogP contribution in [-0.4, -0.2) is 62.5 Å². The Morgan fingerprint density at radius 1 is 1.26 bits per heavy atom. The fraction of sp³-hybridized carbons (Fsp3) is 0.571. The third-order valence-corrected chi connectivity index (χ3v) is 3.54. The lowest BCUT2D eigenvalue weighted by Gasteiger charge is -2.37. The third-order valence-electron chi connectivity index (χ3n) is 3.54. The van der Waals surface area contributed by atoms with Gasteiger partial charge in [-0.3, -0.25) is 4.90 Å². The highest BCUT2D eigenvalue weighted by atomic mass is 16.5. The number of para-hydroxylation sites is 2. The molecule has 0 spiro atoms. The van der Waals surface area contributed by atoms with Crippen LogP contribution in [0.3, 0.4) is 0 Å². The predicted molar refractivity (Wildman–Crippen MR) is 76.7 cm³/mol. The number of benzene rings is 1. The number of rotatable bonds is 5. The average Bonchev–Trinajstić information content (AvgIpc) is 2.48. The van der Waals surface area contributed by atoms with E-state index >= 15 is 0 Å². The maximum Gasteiger partial charge on any atom is 0.142 e. The molecular formula is C14H23N3O2. The lowest BCUT2D eigenvalue weighted by molar-refractivity contribution is 0.115. The molecule has 3 N–H and O–H groups in total. The number of nitrogens with two attached hydrogens (primary N) is 1. The molecule has 0 bridgehead atoms. The normalized spacial score (nSPS) is 18.4. The minimum Gasteiger partial charge on any atom is -0.495 e. The molecule has 106 valence electrons. The Morgan fingerprint density at radius 3 is 2.58 bits per heavy atom. The number of hydrogen-bond acceptors (Lipinski definition) is 5. The minimum atomic E-state index is -0.419. The van der Waals surface area contributed by atoms with Crippen LogP contribution in [0.4, 0.5) is 5.69 Å². The number of nitrogens with zero attached hydrogens (tertiary/aromatic N) is 2. The van der Waals surface area contributed by atoms with E-state index < -0.39 is 6.10 Å². The van der Waals surface area contributed by atoms with Gasteiger partial charge in [-0.1, -0.05) is 12.1 Å². The molecule has 5 nitrogen and oxygen atoms in total. The summed E-state index contributed by atoms with van der Waals surface area (Å²) in [7, 11) is 1.70. The van der Waals surface area contributed by atoms with Crippen molar-refractivity contribution < 1.29 is 9.84 Å². The smallest absolute Gasteiger partial charge is 0.142 e. The molecule has 19 heavy (non-hydrogen) atoms. The molecule has 1 aliphatic heterocycles. The number of β-amino-alcohol motifs (C(OH)–C–C–N with tert-alkyl or cyclic N) is 1. The fourth-order valence-electron chi connectivity index (χ4n) is 2.43. The van der Waals surface area contributed by atoms with Crippen LogP contribution in [0.1, 0.15) is 0 Å². The summed E-state index contributed by atoms with van der Waals surface area (Å²) in [5, 5.41) is 9.58. The van der Waals surface area contributed by atoms with E-state index in [2.05, 4.69) is 15.9 Å². The highest BCUT2D eigenvalue weighted by molar-refractivity contribution is 5.58. The van der Waals surface area contributed by atoms with Gasteiger partial charge in [0.1, 0.15) is 5.75 Å². The number of piperazine rings is 1. The van der Waals surface area contributed by atoms with E-state index in [1.54, 1.807) is 7.11 Å². The molecule has 0 aromatic heterocycles. The van der Waals surface area contributed by atoms with Gasteiger partial charge in [0.2, 0.25) is 0 Å². The van der Waals surface area contributed by atoms with Crippen molar-refractivity contribution in [1.82, 2.24) is 4.90 Å². The largest absolute Gasteiger partial charge is 0.495 e. The van der Waals surface area contributed by atoms with Gasteiger partial charge in [-0.2, -0.15) is 0 Å². The Kier molecular flexibility index (Phi) is 5.01. The second-order valence-corrected chi connectivity index (χ2v) is 4.85. The highest BCUT2D eigenvalue weighted by Gasteiger charge is 2.20. The molecule has 0 saturated carbocycles. The van der Waals surface area contributed by atoms with E-state index in [4.69, 9.17) is 10.5 Å². The molecule has 1 fully saturated rings. The van der Waals surface area contributed by atoms with Crippen molar-refractivity contribution >= 4 is 5.69 Å². The van der Waals surface area contributed by atoms with Crippen molar-refractivity contribution in [1.29, 1.82) is 0 Å². The standard InChI is InChI=1S/C14H23N3O2/c1-19-14-5-3-2-4-13(14)17-8-6-16(7-9-17)11-12(18)10-15/h2-5,12,18H,6-11,15H2,1H3. The third kappa shape index (κ3) is 3.59. The van der Waals surface area contributed by atoms with E-state index in [1.807, 2.05) is 18.2 Å². The van der Waals surface area contributed by atoms with Gasteiger partial charge >= 0.3 is 0 Å². The number of hydrogen-bond donors (Lipinski definition) is 2. The van der Waals surface area contributed by atoms with Gasteiger partial charge in [0, 0.05) is 39.3 Å². The molecule has 1 saturated heterocycles. The van der Waals surface area contributed by atoms with Crippen molar-refractivity contribution in [3.05, 3.63) is 24.3 Å². The lowest BCUT2D eigenvalue weighted by atomic mass is 10.2. The molecule has 1 aromatic carbocycles. The van der Waals surface area contributed by atoms with E-state index in [9.17, 15) is 5.11 Å². The number of methoxy groups -OCH3 is 1. The first-order chi connectivity index (χ1) is 9.24. The van der Waals surface area contributed by atoms with Gasteiger partial charge in [-0.05, 0) is 12.1 Å². The van der Waals surface area contributed by atoms with Crippen molar-refractivity contribution in [2.45, 2.75) is 6.10 Å². The molecule has 1 aromatic rings. The summed E-state index contributed by atoms with van der Waals surface area (Å²) in [6.45, 7) is 4.75. The van der Waals surface area contributed by atoms with Gasteiger partial charge in [0.15, 0.2) is 0 Å². The molecule has 5 heteroatoms. The van der Waals surface area contributed by atoms with E-state index in [0.717, 1.165) is 37.6 Å². The Bertz CT molecular complexity index is 392. The lowest BCUT2D eigenvalue weighted by Crippen LogP contribution is -2.49. The zero-order chi connectivity index (χ0) is 13.7. The van der Waals surface area contributed by atoms with Gasteiger partial charge in [0.25, 0.3) is 0 Å². The predicted octanol–water partition coefficient (Wildman–Crippen LogP) is 0.137. The molecule has 1 heterocycles. The summed E-state index contributed by atoms with van der Waals surface area (Å²) < 4.78 is 5.40. The first kappa shape index (κ1) is 14.1. The summed E-state index contributed by atoms with van der Waals surface area (Å²) in [5.41, 5.74) is 6.58. The van der Waals surface area contributed by atoms with E-state index in [0.29, 0.717) is 13.1 Å². The summed E-state index contributed by atoms with van der Waals surface area (Å²) in [6, 6.07) is 8.09. The Hall–Kier alpha value is -1.30. The second-order valence-electron chi connectivity index (χ2n) is 4.85. The summed E-state index contributed by atoms with van der Waals surface area (Å²) in [5.74, 6) is 0.915. The summed E-state index contributed by atoms with van der Waals surface area (Å²) in [6.07, 6.45) is -0.419. The molecule has 2 rings (SSSR count). The van der Waals surface area contributed by atoms with Gasteiger partial charge in [-0.25, -0.2) is 0 Å². The molecule has 1 unspecified atom stereocenters. The van der Waals surface area contributed by atoms with E-state index in [-0.39, 0.29) is 0 Å². The zero-order valence-electron chi connectivity index (χ0n) is 11.5. The average molecular weight is 265 g/mol. The van der Waals surface area contributed by atoms with Crippen molar-refractivity contribution in [2.75, 3.05) is 51.3 Å². The summed E-state index contributed by atoms with van der Waals surface area (Å²) >= 11 is 0. The van der Waals surface area contributed by atoms with Crippen LogP contribution in [0.15, 0.2) is 24.3 Å². The SMILES string of the molecule is COc1ccccc1N1CCN(CC(O)CN)CC1. The quantitative estimate of drug-likeness (QED) is 0.793. The van der Waals surface area contributed by atoms with Gasteiger partial charge < -0.3 is 20.5 Å². The molecular weight excluding hydrogens is 242 g/mol. The van der Waals surface area contributed by atoms with Crippen molar-refractivity contribution in [3.8, 4) is 5.75 Å². The Morgan fingerprint density at radius 2 is 1.95 bits per heavy atom. The van der Waals surface area contributed by atoms with Crippen LogP contribution >= 0.6 is 0 Å². The molecule has 0 aliphatic carbocycles. The number of ether oxygens (including phenoxy) is 1. The van der Waals surface area contributed by atoms with Crippen LogP contribution < -0.4 is 15.4 Å². The first-order valence-corrected chi connectivity index (χ1v) is 6.73. The Labute approximate surface area is 114 Å². The number of anilines is 1. The van der Waals surface area contributed by atoms with Crippen LogP contribution in [-0.2, 0) is 0 Å².